The highest BCUT2D eigenvalue weighted by Crippen LogP contribution is 2.46. The number of carboxylic acid groups (broad SMARTS) is 1. The summed E-state index contributed by atoms with van der Waals surface area (Å²) in [6, 6.07) is 12.3. The maximum Gasteiger partial charge on any atom is 0.335 e. The molecule has 0 bridgehead atoms. The summed E-state index contributed by atoms with van der Waals surface area (Å²) in [4.78, 5) is 21.9. The van der Waals surface area contributed by atoms with Crippen LogP contribution in [0.2, 0.25) is 0 Å². The number of phenolic OH excluding ortho intramolecular Hbond substituents is 1. The number of nitrogens with zero attached hydrogens (tertiary/aromatic N) is 3. The second-order valence-electron chi connectivity index (χ2n) is 9.75. The van der Waals surface area contributed by atoms with Gasteiger partial charge in [-0.2, -0.15) is 13.8 Å². The zero-order chi connectivity index (χ0) is 33.1. The Morgan fingerprint density at radius 2 is 1.57 bits per heavy atom. The summed E-state index contributed by atoms with van der Waals surface area (Å²) >= 11 is 0. The van der Waals surface area contributed by atoms with Crippen molar-refractivity contribution in [2.75, 3.05) is 34.4 Å². The number of nitrogens with one attached hydrogen (secondary N) is 1. The van der Waals surface area contributed by atoms with Crippen LogP contribution in [0.1, 0.15) is 21.5 Å². The van der Waals surface area contributed by atoms with Gasteiger partial charge in [0.15, 0.2) is 23.0 Å². The molecule has 0 atom stereocenters. The van der Waals surface area contributed by atoms with Crippen LogP contribution in [-0.2, 0) is 0 Å². The summed E-state index contributed by atoms with van der Waals surface area (Å²) in [6.07, 6.45) is 0. The molecule has 2 heterocycles. The third-order valence-corrected chi connectivity index (χ3v) is 6.73. The smallest absolute Gasteiger partial charge is 0.335 e. The largest absolute Gasteiger partial charge is 0.504 e. The van der Waals surface area contributed by atoms with E-state index in [1.54, 1.807) is 18.2 Å². The predicted octanol–water partition coefficient (Wildman–Crippen LogP) is 5.13. The lowest BCUT2D eigenvalue weighted by Crippen LogP contribution is -2.23. The van der Waals surface area contributed by atoms with Crippen LogP contribution in [0.4, 0.5) is 8.78 Å². The van der Waals surface area contributed by atoms with Gasteiger partial charge in [-0.1, -0.05) is 12.1 Å². The van der Waals surface area contributed by atoms with Gasteiger partial charge in [0.1, 0.15) is 17.4 Å². The van der Waals surface area contributed by atoms with Gasteiger partial charge in [0.2, 0.25) is 23.1 Å². The molecule has 238 valence electrons. The average molecular weight is 636 g/mol. The molecule has 0 saturated heterocycles. The van der Waals surface area contributed by atoms with Gasteiger partial charge in [-0.15, -0.1) is 0 Å². The van der Waals surface area contributed by atoms with Crippen molar-refractivity contribution in [3.63, 3.8) is 0 Å². The Balaban J connectivity index is 1.64. The molecule has 5 N–H and O–H groups in total. The van der Waals surface area contributed by atoms with Gasteiger partial charge in [0.05, 0.1) is 26.3 Å². The molecule has 1 aromatic heterocycles. The van der Waals surface area contributed by atoms with Crippen LogP contribution < -0.4 is 29.4 Å². The standard InChI is InChI=1S/C31H27F2N5O8/c1-38-10-9-36-28(38)16-5-4-6-18(11-16)44-29-23(32)26(46-25-21(42-2)13-17(31(40)41)14-22(25)43-3)24(33)30(37-29)45-20-12-15(27(34)35)7-8-19(20)39/h4-8,11-14,39H,9-10H2,1-3H3,(H3,34,35)(H,40,41). The number of hydrogen-bond donors (Lipinski definition) is 4. The number of pyridine rings is 1. The Hall–Kier alpha value is -6.12. The Morgan fingerprint density at radius 3 is 2.15 bits per heavy atom. The number of aromatic nitrogens is 1. The van der Waals surface area contributed by atoms with Crippen molar-refractivity contribution in [3.8, 4) is 52.0 Å². The molecule has 0 radical (unpaired) electrons. The number of rotatable bonds is 11. The first kappa shape index (κ1) is 31.3. The van der Waals surface area contributed by atoms with E-state index in [1.807, 2.05) is 11.9 Å². The molecular formula is C31H27F2N5O8. The van der Waals surface area contributed by atoms with E-state index in [9.17, 15) is 15.0 Å². The summed E-state index contributed by atoms with van der Waals surface area (Å²) in [6.45, 7) is 1.32. The Kier molecular flexibility index (Phi) is 8.75. The fourth-order valence-electron chi connectivity index (χ4n) is 4.43. The molecule has 3 aromatic carbocycles. The summed E-state index contributed by atoms with van der Waals surface area (Å²) < 4.78 is 59.6. The van der Waals surface area contributed by atoms with Gasteiger partial charge in [0.25, 0.3) is 11.8 Å². The average Bonchev–Trinajstić information content (AvgIpc) is 3.47. The predicted molar refractivity (Wildman–Crippen MR) is 160 cm³/mol. The molecular weight excluding hydrogens is 608 g/mol. The van der Waals surface area contributed by atoms with Crippen LogP contribution >= 0.6 is 0 Å². The third-order valence-electron chi connectivity index (χ3n) is 6.73. The van der Waals surface area contributed by atoms with Crippen molar-refractivity contribution in [2.45, 2.75) is 0 Å². The van der Waals surface area contributed by atoms with Crippen LogP contribution in [0.3, 0.4) is 0 Å². The molecule has 0 amide bonds. The topological polar surface area (TPSA) is 182 Å². The number of nitrogens with two attached hydrogens (primary N) is 1. The number of nitrogen functional groups attached to an aromatic ring is 1. The quantitative estimate of drug-likeness (QED) is 0.127. The number of carboxylic acids is 1. The third kappa shape index (κ3) is 6.24. The summed E-state index contributed by atoms with van der Waals surface area (Å²) in [5.41, 5.74) is 6.10. The number of halogens is 2. The van der Waals surface area contributed by atoms with Gasteiger partial charge in [-0.05, 0) is 42.5 Å². The van der Waals surface area contributed by atoms with Crippen LogP contribution in [0.5, 0.6) is 52.0 Å². The monoisotopic (exact) mass is 635 g/mol. The molecule has 1 aliphatic rings. The molecule has 0 unspecified atom stereocenters. The van der Waals surface area contributed by atoms with Gasteiger partial charge in [-0.25, -0.2) is 4.79 Å². The molecule has 0 fully saturated rings. The first-order valence-electron chi connectivity index (χ1n) is 13.5. The number of hydrogen-bond acceptors (Lipinski definition) is 11. The molecule has 0 saturated carbocycles. The van der Waals surface area contributed by atoms with Crippen LogP contribution in [0.25, 0.3) is 0 Å². The van der Waals surface area contributed by atoms with Crippen molar-refractivity contribution >= 4 is 17.6 Å². The highest BCUT2D eigenvalue weighted by Gasteiger charge is 2.29. The zero-order valence-corrected chi connectivity index (χ0v) is 24.6. The van der Waals surface area contributed by atoms with Crippen molar-refractivity contribution in [1.82, 2.24) is 9.88 Å². The van der Waals surface area contributed by atoms with Crippen molar-refractivity contribution < 1.29 is 47.5 Å². The van der Waals surface area contributed by atoms with Crippen LogP contribution in [0.15, 0.2) is 59.6 Å². The summed E-state index contributed by atoms with van der Waals surface area (Å²) in [5.74, 6) is -8.18. The second-order valence-corrected chi connectivity index (χ2v) is 9.75. The summed E-state index contributed by atoms with van der Waals surface area (Å²) in [5, 5.41) is 27.5. The van der Waals surface area contributed by atoms with Gasteiger partial charge in [0, 0.05) is 24.7 Å². The lowest BCUT2D eigenvalue weighted by molar-refractivity contribution is 0.0696. The molecule has 46 heavy (non-hydrogen) atoms. The minimum atomic E-state index is -1.47. The number of methoxy groups -OCH3 is 2. The fourth-order valence-corrected chi connectivity index (χ4v) is 4.43. The lowest BCUT2D eigenvalue weighted by atomic mass is 10.2. The Labute approximate surface area is 260 Å². The molecule has 1 aliphatic heterocycles. The number of phenols is 1. The van der Waals surface area contributed by atoms with E-state index in [1.165, 1.54) is 26.4 Å². The molecule has 15 heteroatoms. The maximum absolute atomic E-state index is 16.1. The number of carbonyl (C=O) groups is 1. The Bertz CT molecular complexity index is 1860. The number of likely N-dealkylation sites (N-methyl/N-ethyl adjacent to an activating group) is 1. The van der Waals surface area contributed by atoms with Gasteiger partial charge >= 0.3 is 5.97 Å². The number of aliphatic imine (C=N–C) groups is 1. The van der Waals surface area contributed by atoms with E-state index < -0.39 is 40.9 Å². The number of benzene rings is 3. The van der Waals surface area contributed by atoms with Crippen molar-refractivity contribution in [1.29, 1.82) is 5.41 Å². The molecule has 13 nitrogen and oxygen atoms in total. The highest BCUT2D eigenvalue weighted by molar-refractivity contribution is 6.00. The van der Waals surface area contributed by atoms with E-state index in [-0.39, 0.29) is 45.7 Å². The first-order valence-corrected chi connectivity index (χ1v) is 13.5. The second kappa shape index (κ2) is 12.9. The number of amidine groups is 2. The zero-order valence-electron chi connectivity index (χ0n) is 24.6. The Morgan fingerprint density at radius 1 is 0.913 bits per heavy atom. The van der Waals surface area contributed by atoms with Crippen molar-refractivity contribution in [3.05, 3.63) is 82.9 Å². The minimum Gasteiger partial charge on any atom is -0.504 e. The maximum atomic E-state index is 16.1. The highest BCUT2D eigenvalue weighted by atomic mass is 19.1. The molecule has 4 aromatic rings. The van der Waals surface area contributed by atoms with E-state index in [0.717, 1.165) is 24.3 Å². The molecule has 0 aliphatic carbocycles. The van der Waals surface area contributed by atoms with E-state index in [2.05, 4.69) is 9.98 Å². The van der Waals surface area contributed by atoms with Gasteiger partial charge < -0.3 is 44.5 Å². The molecule has 0 spiro atoms. The van der Waals surface area contributed by atoms with Crippen molar-refractivity contribution in [2.24, 2.45) is 10.7 Å². The number of aromatic carboxylic acids is 1. The van der Waals surface area contributed by atoms with E-state index >= 15 is 8.78 Å². The first-order chi connectivity index (χ1) is 22.0. The van der Waals surface area contributed by atoms with Gasteiger partial charge in [-0.3, -0.25) is 10.4 Å². The molecule has 5 rings (SSSR count). The van der Waals surface area contributed by atoms with Crippen LogP contribution in [-0.4, -0.2) is 72.1 Å². The van der Waals surface area contributed by atoms with E-state index in [4.69, 9.17) is 34.8 Å². The minimum absolute atomic E-state index is 0.109. The number of aromatic hydroxyl groups is 1. The van der Waals surface area contributed by atoms with E-state index in [0.29, 0.717) is 24.5 Å². The normalized spacial score (nSPS) is 12.4. The SMILES string of the molecule is COc1cc(C(=O)O)cc(OC)c1Oc1c(F)c(Oc2cccc(C3=NCCN3C)c2)nc(Oc2cc(C(=N)N)ccc2O)c1F. The summed E-state index contributed by atoms with van der Waals surface area (Å²) in [7, 11) is 4.26. The number of ether oxygens (including phenoxy) is 5. The lowest BCUT2D eigenvalue weighted by Gasteiger charge is -2.18. The van der Waals surface area contributed by atoms with Crippen LogP contribution in [0, 0.1) is 17.0 Å². The fraction of sp³-hybridized carbons (Fsp3) is 0.161.